The topological polar surface area (TPSA) is 45.7 Å². The van der Waals surface area contributed by atoms with Crippen LogP contribution in [0.2, 0.25) is 5.02 Å². The first kappa shape index (κ1) is 18.5. The molecular formula is C13H21ClIN3O. The molecule has 0 spiro atoms. The van der Waals surface area contributed by atoms with Crippen molar-refractivity contribution in [1.29, 1.82) is 0 Å². The van der Waals surface area contributed by atoms with E-state index >= 15 is 0 Å². The lowest BCUT2D eigenvalue weighted by atomic mass is 10.2. The summed E-state index contributed by atoms with van der Waals surface area (Å²) in [6.45, 7) is 2.23. The lowest BCUT2D eigenvalue weighted by Gasteiger charge is -2.12. The van der Waals surface area contributed by atoms with Crippen LogP contribution in [0.15, 0.2) is 29.3 Å². The molecule has 0 aliphatic rings. The molecule has 0 aliphatic carbocycles. The minimum atomic E-state index is 0. The maximum atomic E-state index is 6.08. The second-order valence-electron chi connectivity index (χ2n) is 3.79. The minimum Gasteiger partial charge on any atom is -0.385 e. The summed E-state index contributed by atoms with van der Waals surface area (Å²) in [7, 11) is 3.45. The Bertz CT molecular complexity index is 388. The van der Waals surface area contributed by atoms with Crippen LogP contribution >= 0.6 is 35.6 Å². The summed E-state index contributed by atoms with van der Waals surface area (Å²) in [4.78, 5) is 4.14. The quantitative estimate of drug-likeness (QED) is 0.336. The van der Waals surface area contributed by atoms with Gasteiger partial charge in [0.25, 0.3) is 0 Å². The minimum absolute atomic E-state index is 0. The molecule has 19 heavy (non-hydrogen) atoms. The molecule has 4 nitrogen and oxygen atoms in total. The van der Waals surface area contributed by atoms with Crippen molar-refractivity contribution in [3.63, 3.8) is 0 Å². The molecule has 1 aromatic carbocycles. The van der Waals surface area contributed by atoms with Crippen molar-refractivity contribution in [3.05, 3.63) is 34.9 Å². The maximum absolute atomic E-state index is 6.08. The maximum Gasteiger partial charge on any atom is 0.191 e. The van der Waals surface area contributed by atoms with Crippen molar-refractivity contribution in [2.24, 2.45) is 4.99 Å². The number of benzene rings is 1. The molecule has 0 radical (unpaired) electrons. The highest BCUT2D eigenvalue weighted by Gasteiger charge is 2.00. The van der Waals surface area contributed by atoms with Gasteiger partial charge in [-0.15, -0.1) is 24.0 Å². The van der Waals surface area contributed by atoms with E-state index in [1.807, 2.05) is 24.3 Å². The summed E-state index contributed by atoms with van der Waals surface area (Å²) in [6.07, 6.45) is 0.948. The van der Waals surface area contributed by atoms with Gasteiger partial charge in [-0.2, -0.15) is 0 Å². The van der Waals surface area contributed by atoms with Crippen molar-refractivity contribution >= 4 is 41.5 Å². The number of halogens is 2. The van der Waals surface area contributed by atoms with Crippen LogP contribution in [0.5, 0.6) is 0 Å². The van der Waals surface area contributed by atoms with Crippen LogP contribution in [0.1, 0.15) is 12.0 Å². The normalized spacial score (nSPS) is 10.8. The summed E-state index contributed by atoms with van der Waals surface area (Å²) in [6, 6.07) is 7.77. The molecule has 0 aromatic heterocycles. The molecule has 0 saturated heterocycles. The van der Waals surface area contributed by atoms with Gasteiger partial charge in [-0.3, -0.25) is 4.99 Å². The highest BCUT2D eigenvalue weighted by molar-refractivity contribution is 14.0. The van der Waals surface area contributed by atoms with E-state index in [4.69, 9.17) is 16.3 Å². The highest BCUT2D eigenvalue weighted by Crippen LogP contribution is 2.13. The average Bonchev–Trinajstić information content (AvgIpc) is 2.40. The van der Waals surface area contributed by atoms with Gasteiger partial charge in [-0.05, 0) is 18.1 Å². The first-order valence-electron chi connectivity index (χ1n) is 5.94. The number of aliphatic imine (C=N–C) groups is 1. The molecular weight excluding hydrogens is 377 g/mol. The fourth-order valence-electron chi connectivity index (χ4n) is 1.46. The fourth-order valence-corrected chi connectivity index (χ4v) is 1.67. The Morgan fingerprint density at radius 2 is 2.05 bits per heavy atom. The predicted molar refractivity (Wildman–Crippen MR) is 91.6 cm³/mol. The van der Waals surface area contributed by atoms with Gasteiger partial charge in [0.1, 0.15) is 0 Å². The van der Waals surface area contributed by atoms with E-state index < -0.39 is 0 Å². The van der Waals surface area contributed by atoms with E-state index in [1.165, 1.54) is 0 Å². The largest absolute Gasteiger partial charge is 0.385 e. The molecule has 0 unspecified atom stereocenters. The Labute approximate surface area is 137 Å². The molecule has 6 heteroatoms. The number of ether oxygens (including phenoxy) is 1. The molecule has 0 bridgehead atoms. The predicted octanol–water partition coefficient (Wildman–Crippen LogP) is 2.66. The van der Waals surface area contributed by atoms with Crippen LogP contribution in [0.3, 0.4) is 0 Å². The highest BCUT2D eigenvalue weighted by atomic mass is 127. The zero-order chi connectivity index (χ0) is 13.2. The van der Waals surface area contributed by atoms with Crippen LogP contribution in [0, 0.1) is 0 Å². The zero-order valence-corrected chi connectivity index (χ0v) is 14.4. The monoisotopic (exact) mass is 397 g/mol. The van der Waals surface area contributed by atoms with Gasteiger partial charge in [0.15, 0.2) is 5.96 Å². The van der Waals surface area contributed by atoms with Crippen molar-refractivity contribution in [2.45, 2.75) is 13.0 Å². The Morgan fingerprint density at radius 3 is 2.68 bits per heavy atom. The number of hydrogen-bond acceptors (Lipinski definition) is 2. The lowest BCUT2D eigenvalue weighted by Crippen LogP contribution is -2.37. The van der Waals surface area contributed by atoms with E-state index in [-0.39, 0.29) is 24.0 Å². The number of nitrogens with one attached hydrogen (secondary N) is 2. The SMILES string of the molecule is CN=C(NCCCOC)NCc1ccccc1Cl.I. The molecule has 0 fully saturated rings. The number of guanidine groups is 1. The molecule has 2 N–H and O–H groups in total. The molecule has 1 rings (SSSR count). The smallest absolute Gasteiger partial charge is 0.191 e. The molecule has 108 valence electrons. The van der Waals surface area contributed by atoms with Gasteiger partial charge >= 0.3 is 0 Å². The van der Waals surface area contributed by atoms with E-state index in [9.17, 15) is 0 Å². The van der Waals surface area contributed by atoms with E-state index in [0.29, 0.717) is 6.54 Å². The number of rotatable bonds is 6. The number of hydrogen-bond donors (Lipinski definition) is 2. The van der Waals surface area contributed by atoms with Gasteiger partial charge in [0, 0.05) is 38.9 Å². The first-order valence-corrected chi connectivity index (χ1v) is 6.32. The average molecular weight is 398 g/mol. The Morgan fingerprint density at radius 1 is 1.32 bits per heavy atom. The second-order valence-corrected chi connectivity index (χ2v) is 4.20. The Kier molecular flexibility index (Phi) is 11.0. The van der Waals surface area contributed by atoms with Crippen molar-refractivity contribution in [3.8, 4) is 0 Å². The van der Waals surface area contributed by atoms with Crippen molar-refractivity contribution in [1.82, 2.24) is 10.6 Å². The van der Waals surface area contributed by atoms with Gasteiger partial charge in [-0.1, -0.05) is 29.8 Å². The first-order chi connectivity index (χ1) is 8.77. The van der Waals surface area contributed by atoms with Crippen LogP contribution in [-0.4, -0.2) is 33.3 Å². The third-order valence-electron chi connectivity index (χ3n) is 2.45. The van der Waals surface area contributed by atoms with Crippen LogP contribution in [-0.2, 0) is 11.3 Å². The molecule has 0 amide bonds. The molecule has 0 saturated carbocycles. The molecule has 0 heterocycles. The van der Waals surface area contributed by atoms with Crippen LogP contribution in [0.25, 0.3) is 0 Å². The number of methoxy groups -OCH3 is 1. The standard InChI is InChI=1S/C13H20ClN3O.HI/c1-15-13(16-8-5-9-18-2)17-10-11-6-3-4-7-12(11)14;/h3-4,6-7H,5,8-10H2,1-2H3,(H2,15,16,17);1H. The second kappa shape index (κ2) is 11.3. The van der Waals surface area contributed by atoms with Crippen LogP contribution in [0.4, 0.5) is 0 Å². The van der Waals surface area contributed by atoms with Gasteiger partial charge in [0.05, 0.1) is 0 Å². The Hall–Kier alpha value is -0.530. The summed E-state index contributed by atoms with van der Waals surface area (Å²) in [5, 5.41) is 7.19. The summed E-state index contributed by atoms with van der Waals surface area (Å²) < 4.78 is 4.98. The van der Waals surface area contributed by atoms with E-state index in [0.717, 1.165) is 36.1 Å². The summed E-state index contributed by atoms with van der Waals surface area (Å²) in [5.41, 5.74) is 1.05. The fraction of sp³-hybridized carbons (Fsp3) is 0.462. The molecule has 0 atom stereocenters. The van der Waals surface area contributed by atoms with E-state index in [2.05, 4.69) is 15.6 Å². The third-order valence-corrected chi connectivity index (χ3v) is 2.81. The van der Waals surface area contributed by atoms with Gasteiger partial charge in [-0.25, -0.2) is 0 Å². The van der Waals surface area contributed by atoms with Crippen LogP contribution < -0.4 is 10.6 Å². The summed E-state index contributed by atoms with van der Waals surface area (Å²) in [5.74, 6) is 0.769. The van der Waals surface area contributed by atoms with Gasteiger partial charge < -0.3 is 15.4 Å². The van der Waals surface area contributed by atoms with E-state index in [1.54, 1.807) is 14.2 Å². The molecule has 1 aromatic rings. The summed E-state index contributed by atoms with van der Waals surface area (Å²) >= 11 is 6.08. The zero-order valence-electron chi connectivity index (χ0n) is 11.3. The van der Waals surface area contributed by atoms with Gasteiger partial charge in [0.2, 0.25) is 0 Å². The van der Waals surface area contributed by atoms with Crippen molar-refractivity contribution in [2.75, 3.05) is 27.3 Å². The Balaban J connectivity index is 0.00000324. The lowest BCUT2D eigenvalue weighted by molar-refractivity contribution is 0.195. The third kappa shape index (κ3) is 7.59. The van der Waals surface area contributed by atoms with Crippen molar-refractivity contribution < 1.29 is 4.74 Å². The number of nitrogens with zero attached hydrogens (tertiary/aromatic N) is 1. The molecule has 0 aliphatic heterocycles.